The van der Waals surface area contributed by atoms with Gasteiger partial charge >= 0.3 is 12.0 Å². The highest BCUT2D eigenvalue weighted by Gasteiger charge is 2.53. The molecule has 6 rings (SSSR count). The zero-order chi connectivity index (χ0) is 29.7. The van der Waals surface area contributed by atoms with Gasteiger partial charge in [0.25, 0.3) is 11.8 Å². The third kappa shape index (κ3) is 4.41. The van der Waals surface area contributed by atoms with Gasteiger partial charge in [-0.3, -0.25) is 14.5 Å². The molecule has 3 aromatic carbocycles. The predicted octanol–water partition coefficient (Wildman–Crippen LogP) is 5.53. The number of aliphatic carboxylic acids is 1. The number of urea groups is 1. The number of nitrogens with zero attached hydrogens (tertiary/aromatic N) is 2. The molecule has 1 fully saturated rings. The summed E-state index contributed by atoms with van der Waals surface area (Å²) in [5.41, 5.74) is 3.55. The van der Waals surface area contributed by atoms with E-state index < -0.39 is 41.9 Å². The Kier molecular flexibility index (Phi) is 6.98. The summed E-state index contributed by atoms with van der Waals surface area (Å²) in [6.07, 6.45) is 0.833. The van der Waals surface area contributed by atoms with Gasteiger partial charge in [0.15, 0.2) is 0 Å². The second-order valence-corrected chi connectivity index (χ2v) is 11.2. The van der Waals surface area contributed by atoms with Gasteiger partial charge in [0.05, 0.1) is 11.3 Å². The summed E-state index contributed by atoms with van der Waals surface area (Å²) < 4.78 is 0. The molecule has 3 N–H and O–H groups in total. The number of carboxylic acids is 1. The quantitative estimate of drug-likeness (QED) is 0.246. The van der Waals surface area contributed by atoms with E-state index in [2.05, 4.69) is 10.3 Å². The van der Waals surface area contributed by atoms with E-state index in [9.17, 15) is 24.3 Å². The predicted molar refractivity (Wildman–Crippen MR) is 159 cm³/mol. The molecule has 4 aromatic rings. The molecule has 1 aromatic heterocycles. The molecule has 4 atom stereocenters. The number of aromatic amines is 1. The lowest BCUT2D eigenvalue weighted by molar-refractivity contribution is -0.140. The van der Waals surface area contributed by atoms with E-state index in [0.717, 1.165) is 32.6 Å². The van der Waals surface area contributed by atoms with Crippen molar-refractivity contribution in [3.05, 3.63) is 100 Å². The van der Waals surface area contributed by atoms with Crippen molar-refractivity contribution < 1.29 is 24.3 Å². The molecule has 2 unspecified atom stereocenters. The van der Waals surface area contributed by atoms with Crippen LogP contribution in [0.5, 0.6) is 0 Å². The summed E-state index contributed by atoms with van der Waals surface area (Å²) in [6.45, 7) is 3.58. The van der Waals surface area contributed by atoms with Crippen LogP contribution in [0.15, 0.2) is 72.8 Å². The van der Waals surface area contributed by atoms with Gasteiger partial charge in [0, 0.05) is 28.0 Å². The van der Waals surface area contributed by atoms with Crippen LogP contribution in [0.2, 0.25) is 5.02 Å². The fourth-order valence-corrected chi connectivity index (χ4v) is 6.28. The van der Waals surface area contributed by atoms with Crippen LogP contribution in [-0.4, -0.2) is 50.9 Å². The van der Waals surface area contributed by atoms with E-state index >= 15 is 0 Å². The molecule has 2 aliphatic heterocycles. The van der Waals surface area contributed by atoms with Crippen molar-refractivity contribution in [3.63, 3.8) is 0 Å². The average molecular weight is 585 g/mol. The molecular formula is C32H29ClN4O5. The molecule has 2 aliphatic rings. The first-order chi connectivity index (χ1) is 20.2. The first-order valence-corrected chi connectivity index (χ1v) is 14.2. The number of benzene rings is 3. The van der Waals surface area contributed by atoms with Gasteiger partial charge in [0.2, 0.25) is 0 Å². The SMILES string of the molecule is CCC(C)[C@H](NC(=O)c1ccccc1N1C(=O)[C@@H]2Cc3c([nH]c4ccccc34)C(c3cccc(Cl)c3)N2C1=O)C(=O)O. The Balaban J connectivity index is 1.44. The molecule has 0 bridgehead atoms. The highest BCUT2D eigenvalue weighted by molar-refractivity contribution is 6.30. The normalized spacial score (nSPS) is 19.4. The molecule has 9 nitrogen and oxygen atoms in total. The molecule has 0 saturated carbocycles. The number of hydrogen-bond donors (Lipinski definition) is 3. The van der Waals surface area contributed by atoms with Gasteiger partial charge in [0.1, 0.15) is 18.1 Å². The van der Waals surface area contributed by atoms with E-state index in [1.165, 1.54) is 12.1 Å². The number of amides is 4. The molecule has 214 valence electrons. The Hall–Kier alpha value is -4.63. The van der Waals surface area contributed by atoms with Gasteiger partial charge in [-0.2, -0.15) is 0 Å². The molecule has 0 aliphatic carbocycles. The molecule has 3 heterocycles. The van der Waals surface area contributed by atoms with Crippen molar-refractivity contribution in [1.29, 1.82) is 0 Å². The van der Waals surface area contributed by atoms with Crippen molar-refractivity contribution in [1.82, 2.24) is 15.2 Å². The van der Waals surface area contributed by atoms with Crippen LogP contribution in [0.3, 0.4) is 0 Å². The van der Waals surface area contributed by atoms with Crippen molar-refractivity contribution in [2.45, 2.75) is 44.8 Å². The zero-order valence-corrected chi connectivity index (χ0v) is 23.8. The smallest absolute Gasteiger partial charge is 0.332 e. The minimum Gasteiger partial charge on any atom is -0.480 e. The molecule has 0 radical (unpaired) electrons. The number of carbonyl (C=O) groups excluding carboxylic acids is 3. The third-order valence-corrected chi connectivity index (χ3v) is 8.60. The van der Waals surface area contributed by atoms with Gasteiger partial charge in [-0.1, -0.05) is 74.3 Å². The third-order valence-electron chi connectivity index (χ3n) is 8.37. The van der Waals surface area contributed by atoms with Crippen molar-refractivity contribution in [2.24, 2.45) is 5.92 Å². The molecule has 0 spiro atoms. The van der Waals surface area contributed by atoms with E-state index in [4.69, 9.17) is 11.6 Å². The van der Waals surface area contributed by atoms with Crippen molar-refractivity contribution in [3.8, 4) is 0 Å². The van der Waals surface area contributed by atoms with Gasteiger partial charge in [-0.15, -0.1) is 0 Å². The van der Waals surface area contributed by atoms with Crippen LogP contribution in [0, 0.1) is 5.92 Å². The number of imide groups is 1. The maximum Gasteiger partial charge on any atom is 0.332 e. The minimum atomic E-state index is -1.15. The maximum absolute atomic E-state index is 14.3. The summed E-state index contributed by atoms with van der Waals surface area (Å²) in [6, 6.07) is 18.1. The van der Waals surface area contributed by atoms with Crippen molar-refractivity contribution >= 4 is 52.0 Å². The van der Waals surface area contributed by atoms with Crippen LogP contribution in [0.1, 0.15) is 53.5 Å². The number of nitrogens with one attached hydrogen (secondary N) is 2. The molecule has 4 amide bonds. The lowest BCUT2D eigenvalue weighted by Gasteiger charge is -2.36. The maximum atomic E-state index is 14.3. The average Bonchev–Trinajstić information content (AvgIpc) is 3.48. The highest BCUT2D eigenvalue weighted by atomic mass is 35.5. The lowest BCUT2D eigenvalue weighted by atomic mass is 9.89. The van der Waals surface area contributed by atoms with Crippen LogP contribution < -0.4 is 10.2 Å². The Morgan fingerprint density at radius 3 is 2.55 bits per heavy atom. The Morgan fingerprint density at radius 1 is 1.07 bits per heavy atom. The fourth-order valence-electron chi connectivity index (χ4n) is 6.08. The first kappa shape index (κ1) is 27.5. The van der Waals surface area contributed by atoms with E-state index in [1.807, 2.05) is 37.3 Å². The number of fused-ring (bicyclic) bond motifs is 4. The standard InChI is InChI=1S/C32H29ClN4O5/c1-3-17(2)26(31(40)41)35-29(38)21-12-5-7-14-24(21)37-30(39)25-16-22-20-11-4-6-13-23(20)34-27(22)28(36(25)32(37)42)18-9-8-10-19(33)15-18/h4-15,17,25-26,28,34H,3,16H2,1-2H3,(H,35,38)(H,40,41)/t17?,25-,26-,28?/m0/s1. The molecule has 10 heteroatoms. The molecule has 1 saturated heterocycles. The number of para-hydroxylation sites is 2. The number of carbonyl (C=O) groups is 4. The fraction of sp³-hybridized carbons (Fsp3) is 0.250. The van der Waals surface area contributed by atoms with Crippen molar-refractivity contribution in [2.75, 3.05) is 4.90 Å². The Bertz CT molecular complexity index is 1750. The number of aromatic nitrogens is 1. The summed E-state index contributed by atoms with van der Waals surface area (Å²) >= 11 is 6.38. The number of H-pyrrole nitrogens is 1. The Labute approximate surface area is 247 Å². The summed E-state index contributed by atoms with van der Waals surface area (Å²) in [5.74, 6) is -2.62. The second-order valence-electron chi connectivity index (χ2n) is 10.8. The van der Waals surface area contributed by atoms with Crippen LogP contribution in [0.25, 0.3) is 10.9 Å². The van der Waals surface area contributed by atoms with E-state index in [-0.39, 0.29) is 17.2 Å². The summed E-state index contributed by atoms with van der Waals surface area (Å²) in [7, 11) is 0. The number of rotatable bonds is 7. The van der Waals surface area contributed by atoms with E-state index in [1.54, 1.807) is 42.2 Å². The van der Waals surface area contributed by atoms with Crippen LogP contribution >= 0.6 is 11.6 Å². The van der Waals surface area contributed by atoms with Gasteiger partial charge in [-0.05, 0) is 47.4 Å². The topological polar surface area (TPSA) is 123 Å². The number of hydrogen-bond acceptors (Lipinski definition) is 4. The minimum absolute atomic E-state index is 0.0388. The Morgan fingerprint density at radius 2 is 1.81 bits per heavy atom. The summed E-state index contributed by atoms with van der Waals surface area (Å²) in [5, 5.41) is 13.8. The first-order valence-electron chi connectivity index (χ1n) is 13.8. The number of anilines is 1. The molecular weight excluding hydrogens is 556 g/mol. The zero-order valence-electron chi connectivity index (χ0n) is 23.0. The number of halogens is 1. The summed E-state index contributed by atoms with van der Waals surface area (Å²) in [4.78, 5) is 59.8. The van der Waals surface area contributed by atoms with Gasteiger partial charge in [-0.25, -0.2) is 14.5 Å². The van der Waals surface area contributed by atoms with Crippen LogP contribution in [-0.2, 0) is 16.0 Å². The monoisotopic (exact) mass is 584 g/mol. The van der Waals surface area contributed by atoms with Crippen LogP contribution in [0.4, 0.5) is 10.5 Å². The highest BCUT2D eigenvalue weighted by Crippen LogP contribution is 2.45. The second kappa shape index (κ2) is 10.6. The largest absolute Gasteiger partial charge is 0.480 e. The molecule has 42 heavy (non-hydrogen) atoms. The van der Waals surface area contributed by atoms with E-state index in [0.29, 0.717) is 17.9 Å². The lowest BCUT2D eigenvalue weighted by Crippen LogP contribution is -2.45. The van der Waals surface area contributed by atoms with Gasteiger partial charge < -0.3 is 15.4 Å². The number of carboxylic acid groups (broad SMARTS) is 1.